The fraction of sp³-hybridized carbons (Fsp3) is 0.350. The number of carbonyl (C=O) groups excluding carboxylic acids is 1. The predicted octanol–water partition coefficient (Wildman–Crippen LogP) is 3.09. The summed E-state index contributed by atoms with van der Waals surface area (Å²) in [4.78, 5) is 14.5. The number of para-hydroxylation sites is 1. The van der Waals surface area contributed by atoms with E-state index in [1.165, 1.54) is 11.1 Å². The van der Waals surface area contributed by atoms with E-state index >= 15 is 0 Å². The second-order valence-electron chi connectivity index (χ2n) is 6.15. The number of hydrogen-bond donors (Lipinski definition) is 2. The quantitative estimate of drug-likeness (QED) is 0.734. The zero-order valence-corrected chi connectivity index (χ0v) is 16.9. The number of ether oxygens (including phenoxy) is 1. The van der Waals surface area contributed by atoms with Crippen LogP contribution in [0.1, 0.15) is 11.1 Å². The highest BCUT2D eigenvalue weighted by Gasteiger charge is 2.13. The van der Waals surface area contributed by atoms with Crippen LogP contribution in [0.5, 0.6) is 0 Å². The van der Waals surface area contributed by atoms with Gasteiger partial charge in [0.25, 0.3) is 0 Å². The monoisotopic (exact) mass is 411 g/mol. The lowest BCUT2D eigenvalue weighted by Gasteiger charge is -2.27. The van der Waals surface area contributed by atoms with Crippen molar-refractivity contribution >= 4 is 36.4 Å². The predicted molar refractivity (Wildman–Crippen MR) is 114 cm³/mol. The van der Waals surface area contributed by atoms with Gasteiger partial charge < -0.3 is 15.4 Å². The first-order chi connectivity index (χ1) is 12.3. The molecule has 1 heterocycles. The number of morpholine rings is 1. The van der Waals surface area contributed by atoms with Crippen molar-refractivity contribution in [2.75, 3.05) is 38.2 Å². The Labute approximate surface area is 173 Å². The number of benzene rings is 2. The highest BCUT2D eigenvalue weighted by Crippen LogP contribution is 2.13. The summed E-state index contributed by atoms with van der Waals surface area (Å²) in [6, 6.07) is 18.0. The van der Waals surface area contributed by atoms with Gasteiger partial charge in [-0.3, -0.25) is 9.69 Å². The van der Waals surface area contributed by atoms with Crippen molar-refractivity contribution in [1.82, 2.24) is 10.2 Å². The molecular formula is C20H27Cl2N3O2. The number of anilines is 1. The van der Waals surface area contributed by atoms with Crippen LogP contribution < -0.4 is 10.6 Å². The summed E-state index contributed by atoms with van der Waals surface area (Å²) in [6.07, 6.45) is 0. The number of nitrogens with one attached hydrogen (secondary N) is 2. The molecule has 0 spiro atoms. The first-order valence-electron chi connectivity index (χ1n) is 8.74. The van der Waals surface area contributed by atoms with Crippen LogP contribution in [0.15, 0.2) is 54.6 Å². The van der Waals surface area contributed by atoms with Gasteiger partial charge in [-0.25, -0.2) is 0 Å². The topological polar surface area (TPSA) is 53.6 Å². The van der Waals surface area contributed by atoms with E-state index in [-0.39, 0.29) is 37.3 Å². The van der Waals surface area contributed by atoms with Crippen LogP contribution in [-0.2, 0) is 22.6 Å². The third-order valence-electron chi connectivity index (χ3n) is 4.32. The van der Waals surface area contributed by atoms with E-state index in [4.69, 9.17) is 4.74 Å². The van der Waals surface area contributed by atoms with Gasteiger partial charge in [-0.05, 0) is 23.3 Å². The molecule has 2 aromatic carbocycles. The molecule has 148 valence electrons. The van der Waals surface area contributed by atoms with E-state index < -0.39 is 0 Å². The second kappa shape index (κ2) is 12.6. The maximum absolute atomic E-state index is 12.1. The van der Waals surface area contributed by atoms with Crippen molar-refractivity contribution in [3.8, 4) is 0 Å². The van der Waals surface area contributed by atoms with Gasteiger partial charge in [0.15, 0.2) is 0 Å². The number of nitrogens with zero attached hydrogens (tertiary/aromatic N) is 1. The van der Waals surface area contributed by atoms with E-state index in [0.717, 1.165) is 38.5 Å². The first-order valence-corrected chi connectivity index (χ1v) is 8.74. The minimum absolute atomic E-state index is 0. The number of carbonyl (C=O) groups is 1. The van der Waals surface area contributed by atoms with Gasteiger partial charge in [-0.2, -0.15) is 0 Å². The largest absolute Gasteiger partial charge is 0.379 e. The molecule has 1 fully saturated rings. The van der Waals surface area contributed by atoms with E-state index in [1.807, 2.05) is 36.4 Å². The highest BCUT2D eigenvalue weighted by molar-refractivity contribution is 5.85. The van der Waals surface area contributed by atoms with Crippen LogP contribution in [0.4, 0.5) is 5.69 Å². The zero-order valence-electron chi connectivity index (χ0n) is 15.2. The molecule has 3 rings (SSSR count). The molecule has 2 N–H and O–H groups in total. The van der Waals surface area contributed by atoms with Gasteiger partial charge in [0.05, 0.1) is 19.8 Å². The zero-order chi connectivity index (χ0) is 17.3. The van der Waals surface area contributed by atoms with Crippen LogP contribution in [-0.4, -0.2) is 43.7 Å². The first kappa shape index (κ1) is 23.2. The molecule has 0 unspecified atom stereocenters. The van der Waals surface area contributed by atoms with E-state index in [1.54, 1.807) is 0 Å². The molecular weight excluding hydrogens is 385 g/mol. The van der Waals surface area contributed by atoms with E-state index in [9.17, 15) is 4.79 Å². The molecule has 1 aliphatic rings. The summed E-state index contributed by atoms with van der Waals surface area (Å²) >= 11 is 0. The summed E-state index contributed by atoms with van der Waals surface area (Å²) in [5.41, 5.74) is 3.38. The third kappa shape index (κ3) is 7.77. The molecule has 0 aromatic heterocycles. The van der Waals surface area contributed by atoms with Crippen molar-refractivity contribution in [3.63, 3.8) is 0 Å². The van der Waals surface area contributed by atoms with E-state index in [0.29, 0.717) is 6.54 Å². The Morgan fingerprint density at radius 2 is 1.56 bits per heavy atom. The van der Waals surface area contributed by atoms with Crippen molar-refractivity contribution in [3.05, 3.63) is 65.7 Å². The molecule has 0 atom stereocenters. The Morgan fingerprint density at radius 3 is 2.26 bits per heavy atom. The maximum Gasteiger partial charge on any atom is 0.239 e. The van der Waals surface area contributed by atoms with Crippen LogP contribution in [0, 0.1) is 0 Å². The number of hydrogen-bond acceptors (Lipinski definition) is 4. The Morgan fingerprint density at radius 1 is 0.926 bits per heavy atom. The van der Waals surface area contributed by atoms with Gasteiger partial charge in [0.2, 0.25) is 5.91 Å². The molecule has 0 radical (unpaired) electrons. The van der Waals surface area contributed by atoms with Crippen LogP contribution in [0.25, 0.3) is 0 Å². The third-order valence-corrected chi connectivity index (χ3v) is 4.32. The minimum atomic E-state index is -0.00923. The summed E-state index contributed by atoms with van der Waals surface area (Å²) in [6.45, 7) is 5.24. The van der Waals surface area contributed by atoms with Crippen LogP contribution >= 0.6 is 24.8 Å². The average molecular weight is 412 g/mol. The molecule has 1 amide bonds. The lowest BCUT2D eigenvalue weighted by atomic mass is 10.1. The van der Waals surface area contributed by atoms with Crippen LogP contribution in [0.3, 0.4) is 0 Å². The molecule has 5 nitrogen and oxygen atoms in total. The highest BCUT2D eigenvalue weighted by atomic mass is 35.5. The molecule has 0 bridgehead atoms. The van der Waals surface area contributed by atoms with Crippen molar-refractivity contribution in [2.45, 2.75) is 13.1 Å². The molecule has 0 saturated carbocycles. The SMILES string of the molecule is Cl.Cl.O=C(CNc1ccccc1)NCc1ccccc1CN1CCOCC1. The lowest BCUT2D eigenvalue weighted by molar-refractivity contribution is -0.119. The smallest absolute Gasteiger partial charge is 0.239 e. The fourth-order valence-corrected chi connectivity index (χ4v) is 2.88. The second-order valence-corrected chi connectivity index (χ2v) is 6.15. The lowest BCUT2D eigenvalue weighted by Crippen LogP contribution is -2.36. The van der Waals surface area contributed by atoms with Gasteiger partial charge in [-0.15, -0.1) is 24.8 Å². The Balaban J connectivity index is 0.00000182. The average Bonchev–Trinajstić information content (AvgIpc) is 2.67. The van der Waals surface area contributed by atoms with Gasteiger partial charge in [0, 0.05) is 31.9 Å². The summed E-state index contributed by atoms with van der Waals surface area (Å²) < 4.78 is 5.40. The van der Waals surface area contributed by atoms with Gasteiger partial charge >= 0.3 is 0 Å². The normalized spacial score (nSPS) is 13.8. The van der Waals surface area contributed by atoms with Gasteiger partial charge in [0.1, 0.15) is 0 Å². The summed E-state index contributed by atoms with van der Waals surface area (Å²) in [7, 11) is 0. The fourth-order valence-electron chi connectivity index (χ4n) is 2.88. The van der Waals surface area contributed by atoms with Crippen molar-refractivity contribution < 1.29 is 9.53 Å². The molecule has 1 saturated heterocycles. The minimum Gasteiger partial charge on any atom is -0.379 e. The summed E-state index contributed by atoms with van der Waals surface area (Å²) in [5.74, 6) is -0.00923. The molecule has 27 heavy (non-hydrogen) atoms. The number of rotatable bonds is 7. The van der Waals surface area contributed by atoms with Crippen molar-refractivity contribution in [1.29, 1.82) is 0 Å². The Hall–Kier alpha value is -1.79. The van der Waals surface area contributed by atoms with Crippen LogP contribution in [0.2, 0.25) is 0 Å². The number of halogens is 2. The summed E-state index contributed by atoms with van der Waals surface area (Å²) in [5, 5.41) is 6.13. The molecule has 7 heteroatoms. The Kier molecular flexibility index (Phi) is 10.8. The standard InChI is InChI=1S/C20H25N3O2.2ClH/c24-20(15-21-19-8-2-1-3-9-19)22-14-17-6-4-5-7-18(17)16-23-10-12-25-13-11-23;;/h1-9,21H,10-16H2,(H,22,24);2*1H. The molecule has 0 aliphatic carbocycles. The molecule has 1 aliphatic heterocycles. The maximum atomic E-state index is 12.1. The molecule has 2 aromatic rings. The van der Waals surface area contributed by atoms with Gasteiger partial charge in [-0.1, -0.05) is 42.5 Å². The van der Waals surface area contributed by atoms with Crippen molar-refractivity contribution in [2.24, 2.45) is 0 Å². The Bertz CT molecular complexity index is 680. The number of amides is 1. The van der Waals surface area contributed by atoms with E-state index in [2.05, 4.69) is 33.7 Å².